The highest BCUT2D eigenvalue weighted by Crippen LogP contribution is 2.25. The minimum Gasteiger partial charge on any atom is -0.378 e. The van der Waals surface area contributed by atoms with E-state index in [0.717, 1.165) is 18.5 Å². The van der Waals surface area contributed by atoms with Gasteiger partial charge in [-0.05, 0) is 26.8 Å². The summed E-state index contributed by atoms with van der Waals surface area (Å²) in [7, 11) is 2.04. The lowest BCUT2D eigenvalue weighted by atomic mass is 10.1. The van der Waals surface area contributed by atoms with E-state index in [9.17, 15) is 9.59 Å². The molecule has 1 N–H and O–H groups in total. The maximum Gasteiger partial charge on any atom is 0.227 e. The van der Waals surface area contributed by atoms with Gasteiger partial charge in [-0.25, -0.2) is 0 Å². The van der Waals surface area contributed by atoms with E-state index in [1.165, 1.54) is 0 Å². The monoisotopic (exact) mass is 364 g/mol. The van der Waals surface area contributed by atoms with Gasteiger partial charge in [0.15, 0.2) is 0 Å². The van der Waals surface area contributed by atoms with Crippen molar-refractivity contribution in [2.24, 2.45) is 0 Å². The van der Waals surface area contributed by atoms with Gasteiger partial charge >= 0.3 is 0 Å². The van der Waals surface area contributed by atoms with Gasteiger partial charge in [0.25, 0.3) is 0 Å². The Balaban J connectivity index is 1.41. The molecule has 2 aliphatic rings. The summed E-state index contributed by atoms with van der Waals surface area (Å²) in [5.41, 5.74) is 0.774. The zero-order valence-corrected chi connectivity index (χ0v) is 15.6. The van der Waals surface area contributed by atoms with Gasteiger partial charge in [0.2, 0.25) is 11.8 Å². The molecule has 2 fully saturated rings. The van der Waals surface area contributed by atoms with Crippen LogP contribution >= 0.6 is 0 Å². The van der Waals surface area contributed by atoms with Gasteiger partial charge in [-0.2, -0.15) is 0 Å². The third kappa shape index (κ3) is 4.82. The molecule has 0 spiro atoms. The molecule has 0 radical (unpaired) electrons. The molecule has 0 saturated carbocycles. The van der Waals surface area contributed by atoms with E-state index in [1.807, 2.05) is 18.9 Å². The predicted molar refractivity (Wildman–Crippen MR) is 94.5 cm³/mol. The van der Waals surface area contributed by atoms with E-state index in [4.69, 9.17) is 9.26 Å². The van der Waals surface area contributed by atoms with Crippen molar-refractivity contribution in [3.05, 3.63) is 17.5 Å². The number of ether oxygens (including phenoxy) is 1. The lowest BCUT2D eigenvalue weighted by Gasteiger charge is -2.30. The maximum absolute atomic E-state index is 12.4. The van der Waals surface area contributed by atoms with Crippen molar-refractivity contribution in [2.75, 3.05) is 39.9 Å². The Bertz CT molecular complexity index is 626. The SMILES string of the molecule is Cc1cc(CC(=O)NC[C@@H]2CC[C@H](CC(=O)N3CCOCC3)N2C)on1. The van der Waals surface area contributed by atoms with Crippen LogP contribution in [-0.2, 0) is 20.7 Å². The van der Waals surface area contributed by atoms with Crippen LogP contribution in [0.5, 0.6) is 0 Å². The minimum absolute atomic E-state index is 0.0672. The van der Waals surface area contributed by atoms with E-state index in [0.29, 0.717) is 45.0 Å². The highest BCUT2D eigenvalue weighted by atomic mass is 16.5. The number of aryl methyl sites for hydroxylation is 1. The average molecular weight is 364 g/mol. The Morgan fingerprint density at radius 3 is 2.69 bits per heavy atom. The number of nitrogens with zero attached hydrogens (tertiary/aromatic N) is 3. The molecule has 2 saturated heterocycles. The molecule has 3 heterocycles. The number of aromatic nitrogens is 1. The van der Waals surface area contributed by atoms with Crippen LogP contribution < -0.4 is 5.32 Å². The van der Waals surface area contributed by atoms with Crippen molar-refractivity contribution < 1.29 is 18.8 Å². The smallest absolute Gasteiger partial charge is 0.227 e. The fourth-order valence-electron chi connectivity index (χ4n) is 3.68. The van der Waals surface area contributed by atoms with Gasteiger partial charge < -0.3 is 19.5 Å². The first-order chi connectivity index (χ1) is 12.5. The summed E-state index contributed by atoms with van der Waals surface area (Å²) in [5.74, 6) is 0.715. The average Bonchev–Trinajstić information content (AvgIpc) is 3.20. The number of carbonyl (C=O) groups is 2. The molecule has 3 rings (SSSR count). The summed E-state index contributed by atoms with van der Waals surface area (Å²) in [6.07, 6.45) is 2.71. The molecule has 8 nitrogen and oxygen atoms in total. The van der Waals surface area contributed by atoms with Crippen molar-refractivity contribution in [1.29, 1.82) is 0 Å². The normalized spacial score (nSPS) is 24.0. The first kappa shape index (κ1) is 18.8. The highest BCUT2D eigenvalue weighted by molar-refractivity contribution is 5.78. The van der Waals surface area contributed by atoms with Crippen LogP contribution in [0.1, 0.15) is 30.7 Å². The van der Waals surface area contributed by atoms with Crippen molar-refractivity contribution in [3.8, 4) is 0 Å². The van der Waals surface area contributed by atoms with Crippen LogP contribution in [0, 0.1) is 6.92 Å². The molecule has 0 aromatic carbocycles. The van der Waals surface area contributed by atoms with Crippen LogP contribution in [0.25, 0.3) is 0 Å². The summed E-state index contributed by atoms with van der Waals surface area (Å²) in [5, 5.41) is 6.76. The van der Waals surface area contributed by atoms with Crippen molar-refractivity contribution >= 4 is 11.8 Å². The van der Waals surface area contributed by atoms with Gasteiger partial charge in [-0.15, -0.1) is 0 Å². The summed E-state index contributed by atoms with van der Waals surface area (Å²) in [4.78, 5) is 28.6. The van der Waals surface area contributed by atoms with Crippen molar-refractivity contribution in [3.63, 3.8) is 0 Å². The minimum atomic E-state index is -0.0672. The molecule has 0 unspecified atom stereocenters. The summed E-state index contributed by atoms with van der Waals surface area (Å²) >= 11 is 0. The molecular formula is C18H28N4O4. The van der Waals surface area contributed by atoms with Crippen molar-refractivity contribution in [1.82, 2.24) is 20.3 Å². The molecule has 2 atom stereocenters. The third-order valence-electron chi connectivity index (χ3n) is 5.31. The molecule has 0 bridgehead atoms. The summed E-state index contributed by atoms with van der Waals surface area (Å²) < 4.78 is 10.4. The van der Waals surface area contributed by atoms with E-state index in [2.05, 4.69) is 15.4 Å². The van der Waals surface area contributed by atoms with E-state index < -0.39 is 0 Å². The molecule has 2 amide bonds. The number of rotatable bonds is 6. The summed E-state index contributed by atoms with van der Waals surface area (Å²) in [6.45, 7) is 5.06. The second-order valence-corrected chi connectivity index (χ2v) is 7.16. The molecule has 2 aliphatic heterocycles. The summed E-state index contributed by atoms with van der Waals surface area (Å²) in [6, 6.07) is 2.27. The van der Waals surface area contributed by atoms with Crippen molar-refractivity contribution in [2.45, 2.75) is 44.7 Å². The second-order valence-electron chi connectivity index (χ2n) is 7.16. The van der Waals surface area contributed by atoms with Crippen LogP contribution in [0.3, 0.4) is 0 Å². The standard InChI is InChI=1S/C18H28N4O4/c1-13-9-16(26-20-13)11-17(23)19-12-15-4-3-14(21(15)2)10-18(24)22-5-7-25-8-6-22/h9,14-15H,3-8,10-12H2,1-2H3,(H,19,23)/t14-,15+/m1/s1. The number of nitrogens with one attached hydrogen (secondary N) is 1. The molecule has 26 heavy (non-hydrogen) atoms. The van der Waals surface area contributed by atoms with Gasteiger partial charge in [-0.1, -0.05) is 5.16 Å². The molecule has 1 aromatic heterocycles. The lowest BCUT2D eigenvalue weighted by molar-refractivity contribution is -0.136. The van der Waals surface area contributed by atoms with E-state index in [1.54, 1.807) is 6.07 Å². The molecular weight excluding hydrogens is 336 g/mol. The Morgan fingerprint density at radius 2 is 2.00 bits per heavy atom. The van der Waals surface area contributed by atoms with E-state index in [-0.39, 0.29) is 30.3 Å². The number of likely N-dealkylation sites (tertiary alicyclic amines) is 1. The number of likely N-dealkylation sites (N-methyl/N-ethyl adjacent to an activating group) is 1. The predicted octanol–water partition coefficient (Wildman–Crippen LogP) is 0.353. The topological polar surface area (TPSA) is 87.9 Å². The fourth-order valence-corrected chi connectivity index (χ4v) is 3.68. The number of amides is 2. The van der Waals surface area contributed by atoms with Crippen LogP contribution in [0.2, 0.25) is 0 Å². The Hall–Kier alpha value is -1.93. The Kier molecular flexibility index (Phi) is 6.26. The highest BCUT2D eigenvalue weighted by Gasteiger charge is 2.33. The van der Waals surface area contributed by atoms with E-state index >= 15 is 0 Å². The number of hydrogen-bond acceptors (Lipinski definition) is 6. The van der Waals surface area contributed by atoms with Crippen LogP contribution in [0.15, 0.2) is 10.6 Å². The quantitative estimate of drug-likeness (QED) is 0.784. The van der Waals surface area contributed by atoms with Gasteiger partial charge in [0.1, 0.15) is 5.76 Å². The first-order valence-electron chi connectivity index (χ1n) is 9.29. The largest absolute Gasteiger partial charge is 0.378 e. The van der Waals surface area contributed by atoms with Gasteiger partial charge in [0.05, 0.1) is 25.3 Å². The maximum atomic E-state index is 12.4. The lowest BCUT2D eigenvalue weighted by Crippen LogP contribution is -2.45. The molecule has 8 heteroatoms. The second kappa shape index (κ2) is 8.64. The fraction of sp³-hybridized carbons (Fsp3) is 0.722. The number of carbonyl (C=O) groups excluding carboxylic acids is 2. The van der Waals surface area contributed by atoms with Crippen LogP contribution in [-0.4, -0.2) is 78.8 Å². The Morgan fingerprint density at radius 1 is 1.27 bits per heavy atom. The Labute approximate surface area is 153 Å². The molecule has 144 valence electrons. The number of morpholine rings is 1. The van der Waals surface area contributed by atoms with Gasteiger partial charge in [0, 0.05) is 44.2 Å². The van der Waals surface area contributed by atoms with Gasteiger partial charge in [-0.3, -0.25) is 14.5 Å². The number of hydrogen-bond donors (Lipinski definition) is 1. The first-order valence-corrected chi connectivity index (χ1v) is 9.29. The third-order valence-corrected chi connectivity index (χ3v) is 5.31. The molecule has 1 aromatic rings. The van der Waals surface area contributed by atoms with Crippen LogP contribution in [0.4, 0.5) is 0 Å². The zero-order valence-electron chi connectivity index (χ0n) is 15.6. The molecule has 0 aliphatic carbocycles. The zero-order chi connectivity index (χ0) is 18.5.